The Morgan fingerprint density at radius 2 is 1.70 bits per heavy atom. The van der Waals surface area contributed by atoms with Gasteiger partial charge in [0.05, 0.1) is 23.2 Å². The van der Waals surface area contributed by atoms with E-state index in [9.17, 15) is 18.0 Å². The number of carbonyl (C=O) groups excluding carboxylic acids is 2. The number of nitrogens with one attached hydrogen (secondary N) is 2. The minimum absolute atomic E-state index is 0.270. The van der Waals surface area contributed by atoms with Crippen LogP contribution in [0.25, 0.3) is 0 Å². The monoisotopic (exact) mass is 466 g/mol. The number of aromatic nitrogens is 1. The Balaban J connectivity index is 1.76. The SMILES string of the molecule is Cc1cc(C)cc(N(CC(=O)Nc2ccccc2C(=O)NCc2cccnc2)S(C)(=O)=O)c1. The number of para-hydroxylation sites is 1. The van der Waals surface area contributed by atoms with E-state index in [4.69, 9.17) is 0 Å². The average Bonchev–Trinajstić information content (AvgIpc) is 2.75. The highest BCUT2D eigenvalue weighted by atomic mass is 32.2. The van der Waals surface area contributed by atoms with Crippen molar-refractivity contribution in [3.63, 3.8) is 0 Å². The van der Waals surface area contributed by atoms with Crippen LogP contribution in [0.5, 0.6) is 0 Å². The summed E-state index contributed by atoms with van der Waals surface area (Å²) in [6.45, 7) is 3.58. The zero-order valence-electron chi connectivity index (χ0n) is 18.7. The highest BCUT2D eigenvalue weighted by molar-refractivity contribution is 7.92. The Hall–Kier alpha value is -3.72. The molecule has 33 heavy (non-hydrogen) atoms. The number of carbonyl (C=O) groups is 2. The molecule has 9 heteroatoms. The van der Waals surface area contributed by atoms with E-state index >= 15 is 0 Å². The van der Waals surface area contributed by atoms with Gasteiger partial charge < -0.3 is 10.6 Å². The van der Waals surface area contributed by atoms with Crippen LogP contribution in [0.4, 0.5) is 11.4 Å². The number of benzene rings is 2. The Kier molecular flexibility index (Phi) is 7.44. The van der Waals surface area contributed by atoms with E-state index in [0.717, 1.165) is 27.3 Å². The molecule has 2 aromatic carbocycles. The van der Waals surface area contributed by atoms with Gasteiger partial charge in [0.1, 0.15) is 6.54 Å². The standard InChI is InChI=1S/C24H26N4O4S/c1-17-11-18(2)13-20(12-17)28(33(3,31)32)16-23(29)27-22-9-5-4-8-21(22)24(30)26-15-19-7-6-10-25-14-19/h4-14H,15-16H2,1-3H3,(H,26,30)(H,27,29). The summed E-state index contributed by atoms with van der Waals surface area (Å²) in [5, 5.41) is 5.47. The maximum absolute atomic E-state index is 12.8. The van der Waals surface area contributed by atoms with Gasteiger partial charge in [-0.1, -0.05) is 24.3 Å². The van der Waals surface area contributed by atoms with Gasteiger partial charge in [0, 0.05) is 18.9 Å². The van der Waals surface area contributed by atoms with E-state index in [0.29, 0.717) is 11.4 Å². The summed E-state index contributed by atoms with van der Waals surface area (Å²) in [7, 11) is -3.72. The molecule has 172 valence electrons. The number of pyridine rings is 1. The molecule has 0 fully saturated rings. The Bertz CT molecular complexity index is 1240. The predicted molar refractivity (Wildman–Crippen MR) is 129 cm³/mol. The Morgan fingerprint density at radius 3 is 2.33 bits per heavy atom. The number of anilines is 2. The van der Waals surface area contributed by atoms with Crippen LogP contribution in [0.15, 0.2) is 67.0 Å². The number of hydrogen-bond acceptors (Lipinski definition) is 5. The molecular formula is C24H26N4O4S. The predicted octanol–water partition coefficient (Wildman–Crippen LogP) is 3.03. The van der Waals surface area contributed by atoms with Crippen molar-refractivity contribution >= 4 is 33.2 Å². The van der Waals surface area contributed by atoms with E-state index in [1.807, 2.05) is 26.0 Å². The molecule has 0 saturated heterocycles. The number of aryl methyl sites for hydroxylation is 2. The molecule has 3 rings (SSSR count). The second-order valence-corrected chi connectivity index (χ2v) is 9.66. The average molecular weight is 467 g/mol. The summed E-state index contributed by atoms with van der Waals surface area (Å²) < 4.78 is 25.9. The van der Waals surface area contributed by atoms with Crippen LogP contribution in [0, 0.1) is 13.8 Å². The fourth-order valence-electron chi connectivity index (χ4n) is 3.39. The van der Waals surface area contributed by atoms with Gasteiger partial charge in [-0.05, 0) is 60.9 Å². The Labute approximate surface area is 193 Å². The second kappa shape index (κ2) is 10.3. The van der Waals surface area contributed by atoms with Crippen molar-refractivity contribution in [1.82, 2.24) is 10.3 Å². The lowest BCUT2D eigenvalue weighted by atomic mass is 10.1. The molecule has 1 heterocycles. The highest BCUT2D eigenvalue weighted by Gasteiger charge is 2.22. The third-order valence-corrected chi connectivity index (χ3v) is 5.94. The van der Waals surface area contributed by atoms with Crippen molar-refractivity contribution < 1.29 is 18.0 Å². The number of rotatable bonds is 8. The van der Waals surface area contributed by atoms with Gasteiger partial charge in [-0.25, -0.2) is 8.42 Å². The molecule has 1 aromatic heterocycles. The van der Waals surface area contributed by atoms with Crippen molar-refractivity contribution in [3.05, 3.63) is 89.2 Å². The minimum Gasteiger partial charge on any atom is -0.348 e. The molecule has 0 saturated carbocycles. The lowest BCUT2D eigenvalue weighted by molar-refractivity contribution is -0.114. The van der Waals surface area contributed by atoms with Gasteiger partial charge in [0.15, 0.2) is 0 Å². The molecule has 0 radical (unpaired) electrons. The Morgan fingerprint density at radius 1 is 1.00 bits per heavy atom. The van der Waals surface area contributed by atoms with Gasteiger partial charge in [0.2, 0.25) is 15.9 Å². The second-order valence-electron chi connectivity index (χ2n) is 7.75. The van der Waals surface area contributed by atoms with Crippen LogP contribution in [-0.4, -0.2) is 38.0 Å². The fraction of sp³-hybridized carbons (Fsp3) is 0.208. The van der Waals surface area contributed by atoms with Gasteiger partial charge in [-0.2, -0.15) is 0 Å². The first-order chi connectivity index (χ1) is 15.6. The molecule has 0 aliphatic carbocycles. The van der Waals surface area contributed by atoms with Crippen LogP contribution in [0.2, 0.25) is 0 Å². The van der Waals surface area contributed by atoms with Crippen molar-refractivity contribution in [1.29, 1.82) is 0 Å². The molecule has 0 spiro atoms. The minimum atomic E-state index is -3.72. The summed E-state index contributed by atoms with van der Waals surface area (Å²) in [5.74, 6) is -0.934. The van der Waals surface area contributed by atoms with Gasteiger partial charge in [-0.3, -0.25) is 18.9 Å². The van der Waals surface area contributed by atoms with E-state index in [1.165, 1.54) is 0 Å². The van der Waals surface area contributed by atoms with E-state index in [1.54, 1.807) is 54.9 Å². The third kappa shape index (κ3) is 6.63. The summed E-state index contributed by atoms with van der Waals surface area (Å²) >= 11 is 0. The molecular weight excluding hydrogens is 440 g/mol. The maximum Gasteiger partial charge on any atom is 0.253 e. The number of nitrogens with zero attached hydrogens (tertiary/aromatic N) is 2. The summed E-state index contributed by atoms with van der Waals surface area (Å²) in [6.07, 6.45) is 4.35. The first-order valence-electron chi connectivity index (χ1n) is 10.3. The number of sulfonamides is 1. The van der Waals surface area contributed by atoms with Crippen molar-refractivity contribution in [2.75, 3.05) is 22.4 Å². The maximum atomic E-state index is 12.8. The quantitative estimate of drug-likeness (QED) is 0.531. The molecule has 2 amide bonds. The molecule has 0 aliphatic rings. The van der Waals surface area contributed by atoms with E-state index in [-0.39, 0.29) is 18.0 Å². The van der Waals surface area contributed by atoms with Gasteiger partial charge >= 0.3 is 0 Å². The fourth-order valence-corrected chi connectivity index (χ4v) is 4.23. The summed E-state index contributed by atoms with van der Waals surface area (Å²) in [5.41, 5.74) is 3.58. The third-order valence-electron chi connectivity index (χ3n) is 4.80. The van der Waals surface area contributed by atoms with E-state index in [2.05, 4.69) is 15.6 Å². The first kappa shape index (κ1) is 23.9. The number of amides is 2. The van der Waals surface area contributed by atoms with Crippen LogP contribution < -0.4 is 14.9 Å². The highest BCUT2D eigenvalue weighted by Crippen LogP contribution is 2.22. The topological polar surface area (TPSA) is 108 Å². The number of hydrogen-bond donors (Lipinski definition) is 2. The van der Waals surface area contributed by atoms with Crippen molar-refractivity contribution in [2.45, 2.75) is 20.4 Å². The zero-order valence-corrected chi connectivity index (χ0v) is 19.5. The largest absolute Gasteiger partial charge is 0.348 e. The molecule has 2 N–H and O–H groups in total. The lowest BCUT2D eigenvalue weighted by Gasteiger charge is -2.23. The van der Waals surface area contributed by atoms with Crippen LogP contribution >= 0.6 is 0 Å². The first-order valence-corrected chi connectivity index (χ1v) is 12.1. The molecule has 0 unspecified atom stereocenters. The summed E-state index contributed by atoms with van der Waals surface area (Å²) in [4.78, 5) is 29.5. The van der Waals surface area contributed by atoms with Crippen LogP contribution in [0.3, 0.4) is 0 Å². The normalized spacial score (nSPS) is 11.0. The molecule has 0 aliphatic heterocycles. The molecule has 8 nitrogen and oxygen atoms in total. The molecule has 3 aromatic rings. The van der Waals surface area contributed by atoms with Gasteiger partial charge in [0.25, 0.3) is 5.91 Å². The summed E-state index contributed by atoms with van der Waals surface area (Å²) in [6, 6.07) is 15.5. The van der Waals surface area contributed by atoms with Crippen LogP contribution in [0.1, 0.15) is 27.0 Å². The van der Waals surface area contributed by atoms with E-state index < -0.39 is 22.5 Å². The van der Waals surface area contributed by atoms with Crippen LogP contribution in [-0.2, 0) is 21.4 Å². The molecule has 0 bridgehead atoms. The lowest BCUT2D eigenvalue weighted by Crippen LogP contribution is -2.38. The van der Waals surface area contributed by atoms with Crippen molar-refractivity contribution in [3.8, 4) is 0 Å². The molecule has 0 atom stereocenters. The van der Waals surface area contributed by atoms with Gasteiger partial charge in [-0.15, -0.1) is 0 Å². The zero-order chi connectivity index (χ0) is 24.0. The van der Waals surface area contributed by atoms with Crippen molar-refractivity contribution in [2.24, 2.45) is 0 Å². The smallest absolute Gasteiger partial charge is 0.253 e.